The normalized spacial score (nSPS) is 21.9. The van der Waals surface area contributed by atoms with Crippen LogP contribution in [0.25, 0.3) is 0 Å². The van der Waals surface area contributed by atoms with E-state index in [2.05, 4.69) is 17.1 Å². The van der Waals surface area contributed by atoms with Crippen LogP contribution in [0.5, 0.6) is 0 Å². The Balaban J connectivity index is 1.97. The number of rotatable bonds is 3. The van der Waals surface area contributed by atoms with Crippen LogP contribution in [0.15, 0.2) is 24.3 Å². The van der Waals surface area contributed by atoms with Gasteiger partial charge >= 0.3 is 0 Å². The first-order chi connectivity index (χ1) is 9.08. The van der Waals surface area contributed by atoms with Crippen LogP contribution in [0.3, 0.4) is 0 Å². The molecule has 2 atom stereocenters. The first kappa shape index (κ1) is 14.2. The molecule has 0 saturated carbocycles. The van der Waals surface area contributed by atoms with Gasteiger partial charge in [-0.2, -0.15) is 11.8 Å². The molecule has 1 fully saturated rings. The van der Waals surface area contributed by atoms with E-state index in [1.165, 1.54) is 0 Å². The minimum Gasteiger partial charge on any atom is -0.397 e. The number of carbonyl (C=O) groups excluding carboxylic acids is 1. The minimum atomic E-state index is -0.122. The molecule has 0 bridgehead atoms. The number of hydrogen-bond acceptors (Lipinski definition) is 4. The molecule has 104 valence electrons. The Morgan fingerprint density at radius 2 is 2.26 bits per heavy atom. The van der Waals surface area contributed by atoms with Crippen molar-refractivity contribution >= 4 is 29.0 Å². The van der Waals surface area contributed by atoms with E-state index in [9.17, 15) is 4.79 Å². The molecule has 0 aliphatic carbocycles. The summed E-state index contributed by atoms with van der Waals surface area (Å²) in [5, 5.41) is 3.50. The SMILES string of the molecule is CC1CN(C(C)C(=O)Nc2ccccc2N)CCS1. The molecule has 3 N–H and O–H groups in total. The molecule has 4 nitrogen and oxygen atoms in total. The number of nitrogen functional groups attached to an aromatic ring is 1. The van der Waals surface area contributed by atoms with Gasteiger partial charge in [-0.1, -0.05) is 19.1 Å². The summed E-state index contributed by atoms with van der Waals surface area (Å²) >= 11 is 1.96. The molecule has 2 rings (SSSR count). The summed E-state index contributed by atoms with van der Waals surface area (Å²) in [7, 11) is 0. The van der Waals surface area contributed by atoms with E-state index in [1.54, 1.807) is 6.07 Å². The largest absolute Gasteiger partial charge is 0.397 e. The van der Waals surface area contributed by atoms with Gasteiger partial charge in [-0.3, -0.25) is 9.69 Å². The molecule has 1 amide bonds. The van der Waals surface area contributed by atoms with Gasteiger partial charge in [0.1, 0.15) is 0 Å². The van der Waals surface area contributed by atoms with Gasteiger partial charge in [0, 0.05) is 24.1 Å². The van der Waals surface area contributed by atoms with Crippen LogP contribution in [-0.2, 0) is 4.79 Å². The van der Waals surface area contributed by atoms with Crippen molar-refractivity contribution in [1.29, 1.82) is 0 Å². The summed E-state index contributed by atoms with van der Waals surface area (Å²) in [6.07, 6.45) is 0. The molecule has 19 heavy (non-hydrogen) atoms. The Bertz CT molecular complexity index is 452. The van der Waals surface area contributed by atoms with Gasteiger partial charge < -0.3 is 11.1 Å². The molecule has 1 saturated heterocycles. The Labute approximate surface area is 118 Å². The lowest BCUT2D eigenvalue weighted by Crippen LogP contribution is -2.47. The van der Waals surface area contributed by atoms with Crippen LogP contribution in [0, 0.1) is 0 Å². The maximum absolute atomic E-state index is 12.3. The maximum atomic E-state index is 12.3. The number of anilines is 2. The molecule has 1 aliphatic rings. The van der Waals surface area contributed by atoms with E-state index in [4.69, 9.17) is 5.73 Å². The monoisotopic (exact) mass is 279 g/mol. The molecule has 0 aromatic heterocycles. The minimum absolute atomic E-state index is 0.0111. The number of thioether (sulfide) groups is 1. The fraction of sp³-hybridized carbons (Fsp3) is 0.500. The van der Waals surface area contributed by atoms with E-state index in [-0.39, 0.29) is 11.9 Å². The van der Waals surface area contributed by atoms with E-state index in [1.807, 2.05) is 36.9 Å². The zero-order valence-electron chi connectivity index (χ0n) is 11.4. The van der Waals surface area contributed by atoms with Gasteiger partial charge in [0.05, 0.1) is 17.4 Å². The number of para-hydroxylation sites is 2. The molecular formula is C14H21N3OS. The van der Waals surface area contributed by atoms with Crippen molar-refractivity contribution in [2.24, 2.45) is 0 Å². The van der Waals surface area contributed by atoms with Crippen LogP contribution >= 0.6 is 11.8 Å². The number of nitrogens with two attached hydrogens (primary N) is 1. The van der Waals surface area contributed by atoms with E-state index in [0.29, 0.717) is 16.6 Å². The highest BCUT2D eigenvalue weighted by Crippen LogP contribution is 2.21. The predicted octanol–water partition coefficient (Wildman–Crippen LogP) is 2.03. The van der Waals surface area contributed by atoms with Crippen molar-refractivity contribution in [3.63, 3.8) is 0 Å². The standard InChI is InChI=1S/C14H21N3OS/c1-10-9-17(7-8-19-10)11(2)14(18)16-13-6-4-3-5-12(13)15/h3-6,10-11H,7-9,15H2,1-2H3,(H,16,18). The van der Waals surface area contributed by atoms with Gasteiger partial charge in [0.15, 0.2) is 0 Å². The average molecular weight is 279 g/mol. The van der Waals surface area contributed by atoms with Crippen LogP contribution in [0.1, 0.15) is 13.8 Å². The number of nitrogens with one attached hydrogen (secondary N) is 1. The summed E-state index contributed by atoms with van der Waals surface area (Å²) in [5.41, 5.74) is 7.13. The Kier molecular flexibility index (Phi) is 4.71. The molecule has 1 aromatic rings. The van der Waals surface area contributed by atoms with Gasteiger partial charge in [-0.15, -0.1) is 0 Å². The number of carbonyl (C=O) groups is 1. The second-order valence-electron chi connectivity index (χ2n) is 4.93. The van der Waals surface area contributed by atoms with Crippen molar-refractivity contribution in [3.05, 3.63) is 24.3 Å². The number of hydrogen-bond donors (Lipinski definition) is 2. The van der Waals surface area contributed by atoms with Gasteiger partial charge in [0.25, 0.3) is 0 Å². The van der Waals surface area contributed by atoms with E-state index in [0.717, 1.165) is 18.8 Å². The summed E-state index contributed by atoms with van der Waals surface area (Å²) in [5.74, 6) is 1.10. The highest BCUT2D eigenvalue weighted by atomic mass is 32.2. The number of nitrogens with zero attached hydrogens (tertiary/aromatic N) is 1. The van der Waals surface area contributed by atoms with Gasteiger partial charge in [-0.05, 0) is 19.1 Å². The Hall–Kier alpha value is -1.20. The molecular weight excluding hydrogens is 258 g/mol. The second kappa shape index (κ2) is 6.30. The molecule has 1 aliphatic heterocycles. The van der Waals surface area contributed by atoms with Crippen LogP contribution < -0.4 is 11.1 Å². The molecule has 0 radical (unpaired) electrons. The number of amides is 1. The van der Waals surface area contributed by atoms with Gasteiger partial charge in [0.2, 0.25) is 5.91 Å². The molecule has 1 aromatic carbocycles. The zero-order chi connectivity index (χ0) is 13.8. The lowest BCUT2D eigenvalue weighted by Gasteiger charge is -2.34. The quantitative estimate of drug-likeness (QED) is 0.831. The summed E-state index contributed by atoms with van der Waals surface area (Å²) in [6.45, 7) is 6.09. The Morgan fingerprint density at radius 3 is 2.95 bits per heavy atom. The van der Waals surface area contributed by atoms with Crippen molar-refractivity contribution < 1.29 is 4.79 Å². The smallest absolute Gasteiger partial charge is 0.241 e. The fourth-order valence-electron chi connectivity index (χ4n) is 2.21. The number of benzene rings is 1. The van der Waals surface area contributed by atoms with E-state index < -0.39 is 0 Å². The highest BCUT2D eigenvalue weighted by Gasteiger charge is 2.26. The predicted molar refractivity (Wildman–Crippen MR) is 82.4 cm³/mol. The molecule has 0 spiro atoms. The third-order valence-corrected chi connectivity index (χ3v) is 4.55. The van der Waals surface area contributed by atoms with Gasteiger partial charge in [-0.25, -0.2) is 0 Å². The fourth-order valence-corrected chi connectivity index (χ4v) is 3.25. The van der Waals surface area contributed by atoms with E-state index >= 15 is 0 Å². The summed E-state index contributed by atoms with van der Waals surface area (Å²) < 4.78 is 0. The molecule has 2 unspecified atom stereocenters. The lowest BCUT2D eigenvalue weighted by atomic mass is 10.2. The highest BCUT2D eigenvalue weighted by molar-refractivity contribution is 7.99. The van der Waals surface area contributed by atoms with Crippen LogP contribution in [-0.4, -0.2) is 40.9 Å². The Morgan fingerprint density at radius 1 is 1.53 bits per heavy atom. The third kappa shape index (κ3) is 3.64. The van der Waals surface area contributed by atoms with Crippen molar-refractivity contribution in [2.75, 3.05) is 29.9 Å². The first-order valence-corrected chi connectivity index (χ1v) is 7.64. The topological polar surface area (TPSA) is 58.4 Å². The summed E-state index contributed by atoms with van der Waals surface area (Å²) in [6, 6.07) is 7.23. The third-order valence-electron chi connectivity index (χ3n) is 3.42. The first-order valence-electron chi connectivity index (χ1n) is 6.59. The van der Waals surface area contributed by atoms with Crippen molar-refractivity contribution in [2.45, 2.75) is 25.1 Å². The maximum Gasteiger partial charge on any atom is 0.241 e. The molecule has 5 heteroatoms. The van der Waals surface area contributed by atoms with Crippen molar-refractivity contribution in [3.8, 4) is 0 Å². The second-order valence-corrected chi connectivity index (χ2v) is 6.48. The van der Waals surface area contributed by atoms with Crippen LogP contribution in [0.2, 0.25) is 0 Å². The van der Waals surface area contributed by atoms with Crippen LogP contribution in [0.4, 0.5) is 11.4 Å². The lowest BCUT2D eigenvalue weighted by molar-refractivity contribution is -0.120. The molecule has 1 heterocycles. The average Bonchev–Trinajstić information content (AvgIpc) is 2.40. The zero-order valence-corrected chi connectivity index (χ0v) is 12.2. The van der Waals surface area contributed by atoms with Crippen molar-refractivity contribution in [1.82, 2.24) is 4.90 Å². The summed E-state index contributed by atoms with van der Waals surface area (Å²) in [4.78, 5) is 14.5.